The minimum Gasteiger partial charge on any atom is -0.489 e. The van der Waals surface area contributed by atoms with Crippen molar-refractivity contribution in [2.24, 2.45) is 0 Å². The standard InChI is InChI=1S/C25H29NO/c1-20-9-8-12-23(17-20)19-27-25-14-7-6-13-24(25)18-26-21(2)15-16-22-10-4-3-5-11-22/h3-14,17,21,26H,15-16,18-19H2,1-2H3/t21-/m0/s1. The van der Waals surface area contributed by atoms with Crippen LogP contribution >= 0.6 is 0 Å². The quantitative estimate of drug-likeness (QED) is 0.530. The van der Waals surface area contributed by atoms with Crippen molar-refractivity contribution in [2.45, 2.75) is 45.9 Å². The molecule has 140 valence electrons. The zero-order chi connectivity index (χ0) is 18.9. The van der Waals surface area contributed by atoms with Crippen molar-refractivity contribution in [3.63, 3.8) is 0 Å². The summed E-state index contributed by atoms with van der Waals surface area (Å²) in [6.07, 6.45) is 2.22. The topological polar surface area (TPSA) is 21.3 Å². The van der Waals surface area contributed by atoms with E-state index < -0.39 is 0 Å². The van der Waals surface area contributed by atoms with Crippen molar-refractivity contribution in [2.75, 3.05) is 0 Å². The molecule has 3 aromatic rings. The summed E-state index contributed by atoms with van der Waals surface area (Å²) in [6.45, 7) is 5.78. The summed E-state index contributed by atoms with van der Waals surface area (Å²) in [7, 11) is 0. The smallest absolute Gasteiger partial charge is 0.124 e. The predicted molar refractivity (Wildman–Crippen MR) is 113 cm³/mol. The molecule has 0 aromatic heterocycles. The molecule has 0 aliphatic carbocycles. The van der Waals surface area contributed by atoms with Crippen LogP contribution in [0.5, 0.6) is 5.75 Å². The Morgan fingerprint density at radius 2 is 1.59 bits per heavy atom. The second kappa shape index (κ2) is 9.94. The normalized spacial score (nSPS) is 11.9. The average Bonchev–Trinajstić information content (AvgIpc) is 2.70. The van der Waals surface area contributed by atoms with E-state index >= 15 is 0 Å². The number of hydrogen-bond donors (Lipinski definition) is 1. The fourth-order valence-electron chi connectivity index (χ4n) is 3.17. The average molecular weight is 360 g/mol. The van der Waals surface area contributed by atoms with Gasteiger partial charge in [0, 0.05) is 18.2 Å². The number of nitrogens with one attached hydrogen (secondary N) is 1. The van der Waals surface area contributed by atoms with Gasteiger partial charge in [-0.05, 0) is 43.9 Å². The second-order valence-corrected chi connectivity index (χ2v) is 7.19. The largest absolute Gasteiger partial charge is 0.489 e. The molecular weight excluding hydrogens is 330 g/mol. The highest BCUT2D eigenvalue weighted by molar-refractivity contribution is 5.33. The summed E-state index contributed by atoms with van der Waals surface area (Å²) >= 11 is 0. The highest BCUT2D eigenvalue weighted by atomic mass is 16.5. The summed E-state index contributed by atoms with van der Waals surface area (Å²) in [5.74, 6) is 0.960. The Kier molecular flexibility index (Phi) is 7.06. The molecule has 0 spiro atoms. The van der Waals surface area contributed by atoms with Gasteiger partial charge in [0.25, 0.3) is 0 Å². The van der Waals surface area contributed by atoms with E-state index in [0.717, 1.165) is 25.1 Å². The maximum Gasteiger partial charge on any atom is 0.124 e. The molecule has 1 N–H and O–H groups in total. The maximum atomic E-state index is 6.10. The van der Waals surface area contributed by atoms with E-state index in [9.17, 15) is 0 Å². The monoisotopic (exact) mass is 359 g/mol. The lowest BCUT2D eigenvalue weighted by Gasteiger charge is -2.16. The Morgan fingerprint density at radius 3 is 2.41 bits per heavy atom. The summed E-state index contributed by atoms with van der Waals surface area (Å²) < 4.78 is 6.10. The van der Waals surface area contributed by atoms with Crippen molar-refractivity contribution in [3.05, 3.63) is 101 Å². The number of hydrogen-bond acceptors (Lipinski definition) is 2. The highest BCUT2D eigenvalue weighted by Gasteiger charge is 2.07. The third-order valence-electron chi connectivity index (χ3n) is 4.80. The van der Waals surface area contributed by atoms with Crippen LogP contribution in [0.1, 0.15) is 35.6 Å². The first-order chi connectivity index (χ1) is 13.2. The van der Waals surface area contributed by atoms with E-state index in [4.69, 9.17) is 4.74 Å². The van der Waals surface area contributed by atoms with Crippen LogP contribution in [0.15, 0.2) is 78.9 Å². The van der Waals surface area contributed by atoms with Crippen LogP contribution in [0.25, 0.3) is 0 Å². The van der Waals surface area contributed by atoms with E-state index in [1.54, 1.807) is 0 Å². The number of rotatable bonds is 9. The molecule has 2 nitrogen and oxygen atoms in total. The van der Waals surface area contributed by atoms with Crippen molar-refractivity contribution < 1.29 is 4.74 Å². The van der Waals surface area contributed by atoms with Gasteiger partial charge in [-0.2, -0.15) is 0 Å². The molecule has 0 aliphatic heterocycles. The third-order valence-corrected chi connectivity index (χ3v) is 4.80. The van der Waals surface area contributed by atoms with Gasteiger partial charge in [-0.1, -0.05) is 78.4 Å². The minimum absolute atomic E-state index is 0.454. The van der Waals surface area contributed by atoms with Crippen LogP contribution in [-0.4, -0.2) is 6.04 Å². The first kappa shape index (κ1) is 19.2. The van der Waals surface area contributed by atoms with Crippen LogP contribution in [0, 0.1) is 6.92 Å². The zero-order valence-corrected chi connectivity index (χ0v) is 16.3. The van der Waals surface area contributed by atoms with E-state index in [-0.39, 0.29) is 0 Å². The van der Waals surface area contributed by atoms with Gasteiger partial charge in [0.2, 0.25) is 0 Å². The minimum atomic E-state index is 0.454. The van der Waals surface area contributed by atoms with Crippen LogP contribution in [0.2, 0.25) is 0 Å². The number of aryl methyl sites for hydroxylation is 2. The van der Waals surface area contributed by atoms with Crippen LogP contribution in [0.3, 0.4) is 0 Å². The highest BCUT2D eigenvalue weighted by Crippen LogP contribution is 2.20. The fraction of sp³-hybridized carbons (Fsp3) is 0.280. The molecule has 1 atom stereocenters. The Labute approximate surface area is 163 Å². The van der Waals surface area contributed by atoms with Gasteiger partial charge in [-0.15, -0.1) is 0 Å². The first-order valence-electron chi connectivity index (χ1n) is 9.74. The van der Waals surface area contributed by atoms with Gasteiger partial charge in [0.05, 0.1) is 0 Å². The number of para-hydroxylation sites is 1. The molecule has 2 heteroatoms. The molecule has 0 radical (unpaired) electrons. The first-order valence-corrected chi connectivity index (χ1v) is 9.74. The predicted octanol–water partition coefficient (Wildman–Crippen LogP) is 5.68. The van der Waals surface area contributed by atoms with Crippen LogP contribution in [-0.2, 0) is 19.6 Å². The van der Waals surface area contributed by atoms with Gasteiger partial charge in [0.1, 0.15) is 12.4 Å². The number of ether oxygens (including phenoxy) is 1. The molecule has 0 amide bonds. The van der Waals surface area contributed by atoms with Crippen molar-refractivity contribution in [1.29, 1.82) is 0 Å². The third kappa shape index (κ3) is 6.26. The summed E-state index contributed by atoms with van der Waals surface area (Å²) in [4.78, 5) is 0. The Morgan fingerprint density at radius 1 is 0.852 bits per heavy atom. The van der Waals surface area contributed by atoms with Crippen LogP contribution in [0.4, 0.5) is 0 Å². The second-order valence-electron chi connectivity index (χ2n) is 7.19. The molecule has 3 aromatic carbocycles. The molecular formula is C25H29NO. The Balaban J connectivity index is 1.51. The van der Waals surface area contributed by atoms with E-state index in [0.29, 0.717) is 12.6 Å². The maximum absolute atomic E-state index is 6.10. The molecule has 0 bridgehead atoms. The zero-order valence-electron chi connectivity index (χ0n) is 16.3. The molecule has 0 aliphatic rings. The van der Waals surface area contributed by atoms with E-state index in [1.807, 2.05) is 6.07 Å². The SMILES string of the molecule is Cc1cccc(COc2ccccc2CN[C@@H](C)CCc2ccccc2)c1. The molecule has 0 saturated heterocycles. The molecule has 27 heavy (non-hydrogen) atoms. The molecule has 0 heterocycles. The van der Waals surface area contributed by atoms with Crippen molar-refractivity contribution in [1.82, 2.24) is 5.32 Å². The number of benzene rings is 3. The van der Waals surface area contributed by atoms with Crippen LogP contribution < -0.4 is 10.1 Å². The molecule has 0 unspecified atom stereocenters. The summed E-state index contributed by atoms with van der Waals surface area (Å²) in [5, 5.41) is 3.64. The molecule has 0 saturated carbocycles. The summed E-state index contributed by atoms with van der Waals surface area (Å²) in [5.41, 5.74) is 5.07. The van der Waals surface area contributed by atoms with Gasteiger partial charge >= 0.3 is 0 Å². The Hall–Kier alpha value is -2.58. The lowest BCUT2D eigenvalue weighted by atomic mass is 10.1. The Bertz CT molecular complexity index is 828. The summed E-state index contributed by atoms with van der Waals surface area (Å²) in [6, 6.07) is 27.9. The fourth-order valence-corrected chi connectivity index (χ4v) is 3.17. The molecule has 3 rings (SSSR count). The van der Waals surface area contributed by atoms with E-state index in [1.165, 1.54) is 22.3 Å². The van der Waals surface area contributed by atoms with Crippen molar-refractivity contribution >= 4 is 0 Å². The van der Waals surface area contributed by atoms with Crippen molar-refractivity contribution in [3.8, 4) is 5.75 Å². The van der Waals surface area contributed by atoms with Gasteiger partial charge in [0.15, 0.2) is 0 Å². The van der Waals surface area contributed by atoms with Gasteiger partial charge < -0.3 is 10.1 Å². The lowest BCUT2D eigenvalue weighted by Crippen LogP contribution is -2.26. The van der Waals surface area contributed by atoms with Gasteiger partial charge in [-0.25, -0.2) is 0 Å². The lowest BCUT2D eigenvalue weighted by molar-refractivity contribution is 0.301. The van der Waals surface area contributed by atoms with E-state index in [2.05, 4.69) is 92.0 Å². The molecule has 0 fully saturated rings. The van der Waals surface area contributed by atoms with Gasteiger partial charge in [-0.3, -0.25) is 0 Å².